The number of ether oxygens (including phenoxy) is 1. The van der Waals surface area contributed by atoms with E-state index in [4.69, 9.17) is 4.74 Å². The van der Waals surface area contributed by atoms with Gasteiger partial charge in [-0.2, -0.15) is 0 Å². The first-order chi connectivity index (χ1) is 11.2. The van der Waals surface area contributed by atoms with Crippen LogP contribution in [0.15, 0.2) is 24.3 Å². The van der Waals surface area contributed by atoms with Gasteiger partial charge in [0, 0.05) is 18.1 Å². The van der Waals surface area contributed by atoms with E-state index in [1.807, 2.05) is 0 Å². The Morgan fingerprint density at radius 3 is 2.83 bits per heavy atom. The van der Waals surface area contributed by atoms with Gasteiger partial charge >= 0.3 is 0 Å². The fourth-order valence-corrected chi connectivity index (χ4v) is 3.78. The van der Waals surface area contributed by atoms with Gasteiger partial charge in [-0.1, -0.05) is 5.10 Å². The first-order valence-corrected chi connectivity index (χ1v) is 8.33. The van der Waals surface area contributed by atoms with Crippen molar-refractivity contribution in [1.82, 2.24) is 20.8 Å². The van der Waals surface area contributed by atoms with Gasteiger partial charge < -0.3 is 15.4 Å². The van der Waals surface area contributed by atoms with Crippen LogP contribution in [0.1, 0.15) is 29.1 Å². The minimum Gasteiger partial charge on any atom is -0.430 e. The smallest absolute Gasteiger partial charge is 0.300 e. The molecule has 0 aliphatic carbocycles. The molecular weight excluding hydrogens is 319 g/mol. The van der Waals surface area contributed by atoms with Crippen molar-refractivity contribution in [2.45, 2.75) is 37.4 Å². The highest BCUT2D eigenvalue weighted by Gasteiger charge is 2.40. The number of rotatable bonds is 4. The van der Waals surface area contributed by atoms with Crippen molar-refractivity contribution < 1.29 is 13.9 Å². The second kappa shape index (κ2) is 5.86. The normalized spacial score (nSPS) is 25.5. The Bertz CT molecular complexity index is 721. The number of fused-ring (bicyclic) bond motifs is 2. The molecule has 3 atom stereocenters. The topological polar surface area (TPSA) is 76.1 Å². The predicted octanol–water partition coefficient (Wildman–Crippen LogP) is 2.09. The lowest BCUT2D eigenvalue weighted by molar-refractivity contribution is 0.0930. The van der Waals surface area contributed by atoms with Crippen LogP contribution in [-0.2, 0) is 0 Å². The van der Waals surface area contributed by atoms with Gasteiger partial charge in [-0.05, 0) is 54.9 Å². The van der Waals surface area contributed by atoms with Crippen LogP contribution in [0, 0.1) is 5.82 Å². The number of carbonyl (C=O) groups excluding carboxylic acids is 1. The van der Waals surface area contributed by atoms with Crippen molar-refractivity contribution >= 4 is 17.2 Å². The maximum atomic E-state index is 12.9. The van der Waals surface area contributed by atoms with E-state index >= 15 is 0 Å². The number of halogens is 1. The Hall–Kier alpha value is -2.06. The molecule has 2 fully saturated rings. The van der Waals surface area contributed by atoms with Crippen LogP contribution in [-0.4, -0.2) is 34.2 Å². The molecule has 0 saturated carbocycles. The van der Waals surface area contributed by atoms with Crippen molar-refractivity contribution in [2.24, 2.45) is 0 Å². The van der Waals surface area contributed by atoms with Crippen LogP contribution in [0.4, 0.5) is 4.39 Å². The van der Waals surface area contributed by atoms with E-state index in [-0.39, 0.29) is 28.0 Å². The molecule has 120 valence electrons. The van der Waals surface area contributed by atoms with Gasteiger partial charge in [0.05, 0.1) is 0 Å². The summed E-state index contributed by atoms with van der Waals surface area (Å²) in [6.45, 7) is 0. The van der Waals surface area contributed by atoms with Gasteiger partial charge in [-0.25, -0.2) is 4.39 Å². The molecule has 2 bridgehead atoms. The van der Waals surface area contributed by atoms with Crippen LogP contribution in [0.5, 0.6) is 10.9 Å². The summed E-state index contributed by atoms with van der Waals surface area (Å²) in [5, 5.41) is 14.7. The van der Waals surface area contributed by atoms with Gasteiger partial charge in [-0.3, -0.25) is 4.79 Å². The highest BCUT2D eigenvalue weighted by molar-refractivity contribution is 7.15. The molecule has 2 aromatic rings. The number of aromatic nitrogens is 2. The summed E-state index contributed by atoms with van der Waals surface area (Å²) >= 11 is 1.07. The highest BCUT2D eigenvalue weighted by Crippen LogP contribution is 2.29. The molecule has 23 heavy (non-hydrogen) atoms. The van der Waals surface area contributed by atoms with Crippen LogP contribution in [0.2, 0.25) is 0 Å². The van der Waals surface area contributed by atoms with Crippen molar-refractivity contribution in [1.29, 1.82) is 0 Å². The highest BCUT2D eigenvalue weighted by atomic mass is 32.1. The minimum absolute atomic E-state index is 0.159. The Kier molecular flexibility index (Phi) is 3.70. The molecule has 1 aromatic carbocycles. The third kappa shape index (κ3) is 3.04. The Morgan fingerprint density at radius 2 is 2.13 bits per heavy atom. The molecule has 0 radical (unpaired) electrons. The second-order valence-electron chi connectivity index (χ2n) is 5.79. The number of hydrogen-bond donors (Lipinski definition) is 2. The summed E-state index contributed by atoms with van der Waals surface area (Å²) in [4.78, 5) is 12.3. The number of hydrogen-bond acceptors (Lipinski definition) is 6. The van der Waals surface area contributed by atoms with Gasteiger partial charge in [0.25, 0.3) is 11.1 Å². The fourth-order valence-electron chi connectivity index (χ4n) is 3.16. The Labute approximate surface area is 136 Å². The molecule has 1 aromatic heterocycles. The Balaban J connectivity index is 1.39. The van der Waals surface area contributed by atoms with E-state index in [1.165, 1.54) is 30.7 Å². The standard InChI is InChI=1S/C15H15FN4O2S/c16-8-1-4-10(5-2-8)22-15-20-19-14(23-15)13(21)18-12-7-9-3-6-11(12)17-9/h1-2,4-5,9,11-12,17H,3,6-7H2,(H,18,21)/t9-,11+,12-/m1/s1. The number of carbonyl (C=O) groups is 1. The summed E-state index contributed by atoms with van der Waals surface area (Å²) in [7, 11) is 0. The summed E-state index contributed by atoms with van der Waals surface area (Å²) in [6.07, 6.45) is 3.25. The molecule has 3 heterocycles. The average molecular weight is 334 g/mol. The maximum Gasteiger partial charge on any atom is 0.300 e. The molecule has 1 amide bonds. The van der Waals surface area contributed by atoms with Crippen LogP contribution in [0.3, 0.4) is 0 Å². The molecule has 0 unspecified atom stereocenters. The van der Waals surface area contributed by atoms with Gasteiger partial charge in [0.1, 0.15) is 11.6 Å². The molecule has 2 aliphatic heterocycles. The zero-order valence-corrected chi connectivity index (χ0v) is 13.0. The van der Waals surface area contributed by atoms with Crippen molar-refractivity contribution in [3.8, 4) is 10.9 Å². The van der Waals surface area contributed by atoms with Gasteiger partial charge in [0.15, 0.2) is 0 Å². The summed E-state index contributed by atoms with van der Waals surface area (Å²) in [6, 6.07) is 6.64. The van der Waals surface area contributed by atoms with Crippen LogP contribution >= 0.6 is 11.3 Å². The number of nitrogens with one attached hydrogen (secondary N) is 2. The monoisotopic (exact) mass is 334 g/mol. The predicted molar refractivity (Wildman–Crippen MR) is 82.2 cm³/mol. The van der Waals surface area contributed by atoms with E-state index in [1.54, 1.807) is 0 Å². The van der Waals surface area contributed by atoms with Crippen molar-refractivity contribution in [3.63, 3.8) is 0 Å². The molecular formula is C15H15FN4O2S. The number of benzene rings is 1. The Morgan fingerprint density at radius 1 is 1.30 bits per heavy atom. The number of nitrogens with zero attached hydrogens (tertiary/aromatic N) is 2. The average Bonchev–Trinajstić information content (AvgIpc) is 3.26. The first kappa shape index (κ1) is 14.5. The lowest BCUT2D eigenvalue weighted by Gasteiger charge is -2.20. The van der Waals surface area contributed by atoms with Crippen molar-refractivity contribution in [3.05, 3.63) is 35.1 Å². The molecule has 2 aliphatic rings. The SMILES string of the molecule is O=C(N[C@@H]1C[C@H]2CC[C@@H]1N2)c1nnc(Oc2ccc(F)cc2)s1. The lowest BCUT2D eigenvalue weighted by atomic mass is 9.95. The molecule has 6 nitrogen and oxygen atoms in total. The molecule has 2 saturated heterocycles. The zero-order valence-electron chi connectivity index (χ0n) is 12.2. The zero-order chi connectivity index (χ0) is 15.8. The lowest BCUT2D eigenvalue weighted by Crippen LogP contribution is -2.42. The maximum absolute atomic E-state index is 12.9. The molecule has 2 N–H and O–H groups in total. The molecule has 8 heteroatoms. The molecule has 4 rings (SSSR count). The third-order valence-electron chi connectivity index (χ3n) is 4.24. The van der Waals surface area contributed by atoms with E-state index in [2.05, 4.69) is 20.8 Å². The fraction of sp³-hybridized carbons (Fsp3) is 0.400. The van der Waals surface area contributed by atoms with E-state index in [0.717, 1.165) is 24.2 Å². The largest absolute Gasteiger partial charge is 0.430 e. The number of amides is 1. The minimum atomic E-state index is -0.339. The van der Waals surface area contributed by atoms with Crippen LogP contribution in [0.25, 0.3) is 0 Å². The quantitative estimate of drug-likeness (QED) is 0.895. The molecule has 0 spiro atoms. The summed E-state index contributed by atoms with van der Waals surface area (Å²) in [5.41, 5.74) is 0. The van der Waals surface area contributed by atoms with Gasteiger partial charge in [0.2, 0.25) is 5.01 Å². The van der Waals surface area contributed by atoms with Crippen molar-refractivity contribution in [2.75, 3.05) is 0 Å². The van der Waals surface area contributed by atoms with E-state index < -0.39 is 0 Å². The van der Waals surface area contributed by atoms with E-state index in [0.29, 0.717) is 17.8 Å². The summed E-state index contributed by atoms with van der Waals surface area (Å²) < 4.78 is 18.3. The van der Waals surface area contributed by atoms with E-state index in [9.17, 15) is 9.18 Å². The van der Waals surface area contributed by atoms with Gasteiger partial charge in [-0.15, -0.1) is 5.10 Å². The van der Waals surface area contributed by atoms with Crippen LogP contribution < -0.4 is 15.4 Å². The first-order valence-electron chi connectivity index (χ1n) is 7.51. The summed E-state index contributed by atoms with van der Waals surface area (Å²) in [5.74, 6) is -0.114. The second-order valence-corrected chi connectivity index (χ2v) is 6.73. The third-order valence-corrected chi connectivity index (χ3v) is 5.04.